The Hall–Kier alpha value is -2.46. The molecule has 2 N–H and O–H groups in total. The van der Waals surface area contributed by atoms with Crippen LogP contribution in [0.15, 0.2) is 10.7 Å². The highest BCUT2D eigenvalue weighted by molar-refractivity contribution is 5.99. The van der Waals surface area contributed by atoms with Gasteiger partial charge in [0.25, 0.3) is 0 Å². The number of nitrogens with one attached hydrogen (secondary N) is 1. The van der Waals surface area contributed by atoms with Gasteiger partial charge in [0, 0.05) is 39.3 Å². The zero-order valence-electron chi connectivity index (χ0n) is 13.4. The molecule has 0 atom stereocenters. The molecule has 24 heavy (non-hydrogen) atoms. The molecular formula is C14H20N6O4. The van der Waals surface area contributed by atoms with Crippen LogP contribution in [0.4, 0.5) is 17.1 Å². The SMILES string of the molecule is CN1CCN(c2cc(NCCCO)c([N+](=O)[O-])c3nonc23)CC1. The monoisotopic (exact) mass is 336 g/mol. The van der Waals surface area contributed by atoms with Crippen molar-refractivity contribution in [1.29, 1.82) is 0 Å². The maximum absolute atomic E-state index is 11.5. The highest BCUT2D eigenvalue weighted by Gasteiger charge is 2.28. The summed E-state index contributed by atoms with van der Waals surface area (Å²) in [4.78, 5) is 15.4. The van der Waals surface area contributed by atoms with Gasteiger partial charge in [-0.05, 0) is 29.8 Å². The van der Waals surface area contributed by atoms with Crippen LogP contribution in [-0.2, 0) is 0 Å². The zero-order valence-corrected chi connectivity index (χ0v) is 13.4. The lowest BCUT2D eigenvalue weighted by atomic mass is 10.1. The lowest BCUT2D eigenvalue weighted by Crippen LogP contribution is -2.44. The van der Waals surface area contributed by atoms with Gasteiger partial charge in [0.05, 0.1) is 10.6 Å². The molecule has 1 fully saturated rings. The molecule has 0 spiro atoms. The van der Waals surface area contributed by atoms with Crippen LogP contribution < -0.4 is 10.2 Å². The van der Waals surface area contributed by atoms with Crippen molar-refractivity contribution in [2.75, 3.05) is 56.6 Å². The topological polar surface area (TPSA) is 121 Å². The molecular weight excluding hydrogens is 316 g/mol. The molecule has 0 bridgehead atoms. The van der Waals surface area contributed by atoms with Crippen molar-refractivity contribution < 1.29 is 14.7 Å². The number of hydrogen-bond donors (Lipinski definition) is 2. The summed E-state index contributed by atoms with van der Waals surface area (Å²) in [6.45, 7) is 3.84. The van der Waals surface area contributed by atoms with Crippen molar-refractivity contribution in [3.63, 3.8) is 0 Å². The predicted molar refractivity (Wildman–Crippen MR) is 88.4 cm³/mol. The summed E-state index contributed by atoms with van der Waals surface area (Å²) in [6.07, 6.45) is 0.496. The van der Waals surface area contributed by atoms with Gasteiger partial charge in [-0.2, -0.15) is 0 Å². The van der Waals surface area contributed by atoms with Crippen LogP contribution in [0.1, 0.15) is 6.42 Å². The number of nitrogens with zero attached hydrogens (tertiary/aromatic N) is 5. The molecule has 1 aromatic heterocycles. The molecule has 3 rings (SSSR count). The number of nitro benzene ring substituents is 1. The lowest BCUT2D eigenvalue weighted by molar-refractivity contribution is -0.382. The maximum Gasteiger partial charge on any atom is 0.323 e. The van der Waals surface area contributed by atoms with E-state index in [2.05, 4.69) is 32.5 Å². The summed E-state index contributed by atoms with van der Waals surface area (Å²) >= 11 is 0. The van der Waals surface area contributed by atoms with Crippen LogP contribution in [0.5, 0.6) is 0 Å². The van der Waals surface area contributed by atoms with Gasteiger partial charge in [0.15, 0.2) is 5.52 Å². The van der Waals surface area contributed by atoms with E-state index >= 15 is 0 Å². The van der Waals surface area contributed by atoms with E-state index in [1.54, 1.807) is 6.07 Å². The minimum Gasteiger partial charge on any atom is -0.396 e. The van der Waals surface area contributed by atoms with E-state index in [4.69, 9.17) is 9.74 Å². The van der Waals surface area contributed by atoms with E-state index in [1.807, 2.05) is 0 Å². The quantitative estimate of drug-likeness (QED) is 0.445. The summed E-state index contributed by atoms with van der Waals surface area (Å²) in [6, 6.07) is 1.73. The first-order valence-electron chi connectivity index (χ1n) is 7.83. The molecule has 10 heteroatoms. The number of nitro groups is 1. The number of aliphatic hydroxyl groups excluding tert-OH is 1. The van der Waals surface area contributed by atoms with Crippen molar-refractivity contribution >= 4 is 28.1 Å². The van der Waals surface area contributed by atoms with Gasteiger partial charge in [-0.25, -0.2) is 4.63 Å². The largest absolute Gasteiger partial charge is 0.396 e. The number of fused-ring (bicyclic) bond motifs is 1. The Morgan fingerprint density at radius 1 is 1.33 bits per heavy atom. The number of anilines is 2. The van der Waals surface area contributed by atoms with Gasteiger partial charge in [-0.3, -0.25) is 10.1 Å². The highest BCUT2D eigenvalue weighted by atomic mass is 16.6. The van der Waals surface area contributed by atoms with Crippen LogP contribution in [0, 0.1) is 10.1 Å². The summed E-state index contributed by atoms with van der Waals surface area (Å²) in [5.74, 6) is 0. The molecule has 130 valence electrons. The Labute approximate surface area is 138 Å². The van der Waals surface area contributed by atoms with Crippen molar-refractivity contribution in [2.24, 2.45) is 0 Å². The third kappa shape index (κ3) is 3.10. The highest BCUT2D eigenvalue weighted by Crippen LogP contribution is 2.38. The molecule has 2 heterocycles. The third-order valence-corrected chi connectivity index (χ3v) is 4.17. The van der Waals surface area contributed by atoms with Gasteiger partial charge in [-0.15, -0.1) is 0 Å². The second-order valence-corrected chi connectivity index (χ2v) is 5.80. The molecule has 10 nitrogen and oxygen atoms in total. The summed E-state index contributed by atoms with van der Waals surface area (Å²) in [7, 11) is 2.06. The Balaban J connectivity index is 2.03. The second-order valence-electron chi connectivity index (χ2n) is 5.80. The van der Waals surface area contributed by atoms with E-state index in [-0.39, 0.29) is 17.8 Å². The van der Waals surface area contributed by atoms with E-state index in [0.717, 1.165) is 31.9 Å². The van der Waals surface area contributed by atoms with Gasteiger partial charge < -0.3 is 20.2 Å². The minimum atomic E-state index is -0.485. The zero-order chi connectivity index (χ0) is 17.1. The average Bonchev–Trinajstić information content (AvgIpc) is 3.04. The van der Waals surface area contributed by atoms with Crippen LogP contribution in [0.3, 0.4) is 0 Å². The van der Waals surface area contributed by atoms with Crippen LogP contribution in [0.25, 0.3) is 11.0 Å². The second kappa shape index (κ2) is 6.97. The van der Waals surface area contributed by atoms with Crippen LogP contribution >= 0.6 is 0 Å². The fourth-order valence-electron chi connectivity index (χ4n) is 2.82. The van der Waals surface area contributed by atoms with Crippen molar-refractivity contribution in [3.05, 3.63) is 16.2 Å². The van der Waals surface area contributed by atoms with Crippen LogP contribution in [0.2, 0.25) is 0 Å². The molecule has 1 aromatic carbocycles. The molecule has 1 aliphatic rings. The Bertz CT molecular complexity index is 725. The molecule has 0 saturated carbocycles. The molecule has 1 saturated heterocycles. The van der Waals surface area contributed by atoms with Crippen molar-refractivity contribution in [3.8, 4) is 0 Å². The first-order chi connectivity index (χ1) is 11.6. The third-order valence-electron chi connectivity index (χ3n) is 4.17. The Kier molecular flexibility index (Phi) is 4.76. The number of piperazine rings is 1. The maximum atomic E-state index is 11.5. The minimum absolute atomic E-state index is 0.0138. The van der Waals surface area contributed by atoms with E-state index in [9.17, 15) is 10.1 Å². The fourth-order valence-corrected chi connectivity index (χ4v) is 2.82. The van der Waals surface area contributed by atoms with Crippen molar-refractivity contribution in [1.82, 2.24) is 15.2 Å². The Morgan fingerprint density at radius 3 is 2.71 bits per heavy atom. The average molecular weight is 336 g/mol. The number of hydrogen-bond acceptors (Lipinski definition) is 9. The van der Waals surface area contributed by atoms with Gasteiger partial charge >= 0.3 is 5.69 Å². The fraction of sp³-hybridized carbons (Fsp3) is 0.571. The van der Waals surface area contributed by atoms with Gasteiger partial charge in [0.2, 0.25) is 5.52 Å². The van der Waals surface area contributed by atoms with Crippen LogP contribution in [-0.4, -0.2) is 71.6 Å². The molecule has 2 aromatic rings. The van der Waals surface area contributed by atoms with E-state index in [0.29, 0.717) is 24.2 Å². The summed E-state index contributed by atoms with van der Waals surface area (Å²) < 4.78 is 4.78. The number of benzene rings is 1. The molecule has 0 radical (unpaired) electrons. The Morgan fingerprint density at radius 2 is 2.04 bits per heavy atom. The smallest absolute Gasteiger partial charge is 0.323 e. The summed E-state index contributed by atoms with van der Waals surface area (Å²) in [5.41, 5.74) is 1.53. The summed E-state index contributed by atoms with van der Waals surface area (Å²) in [5, 5.41) is 31.0. The lowest BCUT2D eigenvalue weighted by Gasteiger charge is -2.34. The first kappa shape index (κ1) is 16.4. The first-order valence-corrected chi connectivity index (χ1v) is 7.83. The van der Waals surface area contributed by atoms with E-state index in [1.165, 1.54) is 0 Å². The number of likely N-dealkylation sites (N-methyl/N-ethyl adjacent to an activating group) is 1. The number of aliphatic hydroxyl groups is 1. The predicted octanol–water partition coefficient (Wildman–Crippen LogP) is 0.677. The van der Waals surface area contributed by atoms with Gasteiger partial charge in [-0.1, -0.05) is 0 Å². The number of rotatable bonds is 6. The standard InChI is InChI=1S/C14H20N6O4/c1-18-4-6-19(7-5-18)11-9-10(15-3-2-8-21)14(20(22)23)13-12(11)16-24-17-13/h9,15,21H,2-8H2,1H3. The van der Waals surface area contributed by atoms with E-state index < -0.39 is 4.92 Å². The number of aromatic nitrogens is 2. The molecule has 0 unspecified atom stereocenters. The molecule has 1 aliphatic heterocycles. The molecule has 0 amide bonds. The molecule has 0 aliphatic carbocycles. The van der Waals surface area contributed by atoms with Crippen molar-refractivity contribution in [2.45, 2.75) is 6.42 Å². The van der Waals surface area contributed by atoms with Gasteiger partial charge in [0.1, 0.15) is 5.69 Å². The normalized spacial score (nSPS) is 15.8.